The van der Waals surface area contributed by atoms with Crippen LogP contribution < -0.4 is 0 Å². The molecule has 1 atom stereocenters. The molecule has 8 heteroatoms. The predicted molar refractivity (Wildman–Crippen MR) is 71.3 cm³/mol. The van der Waals surface area contributed by atoms with Crippen LogP contribution in [0, 0.1) is 0 Å². The molecule has 4 nitrogen and oxygen atoms in total. The Labute approximate surface area is 121 Å². The summed E-state index contributed by atoms with van der Waals surface area (Å²) in [7, 11) is -4.03. The number of carbonyl (C=O) groups is 1. The molecule has 0 amide bonds. The maximum atomic E-state index is 12.5. The lowest BCUT2D eigenvalue weighted by Crippen LogP contribution is -2.46. The lowest BCUT2D eigenvalue weighted by atomic mass is 10.1. The summed E-state index contributed by atoms with van der Waals surface area (Å²) in [6, 6.07) is 0. The summed E-state index contributed by atoms with van der Waals surface area (Å²) in [5, 5.41) is -1.18. The Balaban J connectivity index is 3.01. The Morgan fingerprint density at radius 3 is 2.33 bits per heavy atom. The van der Waals surface area contributed by atoms with E-state index >= 15 is 0 Å². The number of sulfone groups is 1. The van der Waals surface area contributed by atoms with Crippen molar-refractivity contribution in [2.75, 3.05) is 6.61 Å². The quantitative estimate of drug-likeness (QED) is 0.745. The number of rotatable bonds is 4. The van der Waals surface area contributed by atoms with E-state index in [1.54, 1.807) is 6.92 Å². The van der Waals surface area contributed by atoms with Crippen molar-refractivity contribution >= 4 is 15.8 Å². The minimum Gasteiger partial charge on any atom is -0.465 e. The molecule has 0 aromatic heterocycles. The van der Waals surface area contributed by atoms with Gasteiger partial charge in [0.1, 0.15) is 0 Å². The fraction of sp³-hybridized carbons (Fsp3) is 0.615. The molecule has 0 aromatic carbocycles. The number of halogens is 3. The van der Waals surface area contributed by atoms with Crippen molar-refractivity contribution in [3.63, 3.8) is 0 Å². The highest BCUT2D eigenvalue weighted by molar-refractivity contribution is 7.94. The third kappa shape index (κ3) is 3.48. The van der Waals surface area contributed by atoms with Crippen LogP contribution in [0.1, 0.15) is 27.2 Å². The third-order valence-corrected chi connectivity index (χ3v) is 6.00. The van der Waals surface area contributed by atoms with Gasteiger partial charge in [-0.3, -0.25) is 4.79 Å². The van der Waals surface area contributed by atoms with Gasteiger partial charge in [0.15, 0.2) is 14.6 Å². The van der Waals surface area contributed by atoms with Gasteiger partial charge in [-0.25, -0.2) is 8.42 Å². The molecule has 21 heavy (non-hydrogen) atoms. The Morgan fingerprint density at radius 1 is 1.38 bits per heavy atom. The van der Waals surface area contributed by atoms with Gasteiger partial charge in [-0.1, -0.05) is 18.2 Å². The summed E-state index contributed by atoms with van der Waals surface area (Å²) in [4.78, 5) is 11.8. The highest BCUT2D eigenvalue weighted by Crippen LogP contribution is 2.33. The zero-order valence-corrected chi connectivity index (χ0v) is 12.7. The molecule has 120 valence electrons. The van der Waals surface area contributed by atoms with Crippen LogP contribution in [0.15, 0.2) is 23.8 Å². The predicted octanol–water partition coefficient (Wildman–Crippen LogP) is 2.56. The lowest BCUT2D eigenvalue weighted by Gasteiger charge is -2.27. The monoisotopic (exact) mass is 326 g/mol. The summed E-state index contributed by atoms with van der Waals surface area (Å²) in [6.45, 7) is 3.95. The van der Waals surface area contributed by atoms with E-state index in [4.69, 9.17) is 4.74 Å². The molecular formula is C13H17F3O4S. The number of hydrogen-bond donors (Lipinski definition) is 0. The topological polar surface area (TPSA) is 60.4 Å². The van der Waals surface area contributed by atoms with E-state index in [1.807, 2.05) is 0 Å². The Bertz CT molecular complexity index is 571. The first kappa shape index (κ1) is 17.7. The summed E-state index contributed by atoms with van der Waals surface area (Å²) >= 11 is 0. The first-order valence-electron chi connectivity index (χ1n) is 6.30. The molecule has 0 fully saturated rings. The molecule has 0 heterocycles. The first-order valence-corrected chi connectivity index (χ1v) is 7.85. The average molecular weight is 326 g/mol. The normalized spacial score (nSPS) is 20.1. The van der Waals surface area contributed by atoms with Crippen LogP contribution >= 0.6 is 0 Å². The van der Waals surface area contributed by atoms with Gasteiger partial charge in [-0.05, 0) is 27.2 Å². The maximum Gasteiger partial charge on any atom is 0.416 e. The standard InChI is InChI=1S/C13H17F3O4S/c1-4-20-11(17)12(2,3)21(18,19)10-7-5-9(6-8-10)13(14,15)16/h5-7,10H,4,8H2,1-3H3. The van der Waals surface area contributed by atoms with Crippen LogP contribution in [-0.4, -0.2) is 37.2 Å². The van der Waals surface area contributed by atoms with Crippen molar-refractivity contribution in [3.8, 4) is 0 Å². The first-order chi connectivity index (χ1) is 9.44. The number of esters is 1. The molecule has 0 saturated carbocycles. The van der Waals surface area contributed by atoms with Crippen molar-refractivity contribution < 1.29 is 31.1 Å². The molecule has 0 aromatic rings. The zero-order chi connectivity index (χ0) is 16.5. The second-order valence-corrected chi connectivity index (χ2v) is 7.78. The largest absolute Gasteiger partial charge is 0.465 e. The summed E-state index contributed by atoms with van der Waals surface area (Å²) in [5.74, 6) is -0.913. The minimum atomic E-state index is -4.51. The maximum absolute atomic E-state index is 12.5. The van der Waals surface area contributed by atoms with E-state index in [9.17, 15) is 26.4 Å². The molecule has 0 radical (unpaired) electrons. The number of alkyl halides is 3. The van der Waals surface area contributed by atoms with Gasteiger partial charge in [-0.2, -0.15) is 13.2 Å². The van der Waals surface area contributed by atoms with Crippen molar-refractivity contribution in [3.05, 3.63) is 23.8 Å². The van der Waals surface area contributed by atoms with E-state index in [2.05, 4.69) is 0 Å². The van der Waals surface area contributed by atoms with Crippen LogP contribution in [-0.2, 0) is 19.4 Å². The van der Waals surface area contributed by atoms with Crippen LogP contribution in [0.4, 0.5) is 13.2 Å². The molecule has 1 aliphatic carbocycles. The van der Waals surface area contributed by atoms with Crippen molar-refractivity contribution in [2.45, 2.75) is 43.4 Å². The van der Waals surface area contributed by atoms with E-state index in [0.717, 1.165) is 18.2 Å². The Kier molecular flexibility index (Phi) is 4.92. The van der Waals surface area contributed by atoms with E-state index in [0.29, 0.717) is 0 Å². The average Bonchev–Trinajstić information content (AvgIpc) is 2.37. The molecule has 1 rings (SSSR count). The molecule has 0 spiro atoms. The summed E-state index contributed by atoms with van der Waals surface area (Å²) in [6.07, 6.45) is -2.31. The van der Waals surface area contributed by atoms with Gasteiger partial charge in [0.05, 0.1) is 17.4 Å². The second-order valence-electron chi connectivity index (χ2n) is 5.07. The SMILES string of the molecule is CCOC(=O)C(C)(C)S(=O)(=O)C1C=CC(C(F)(F)F)=CC1. The highest BCUT2D eigenvalue weighted by atomic mass is 32.2. The highest BCUT2D eigenvalue weighted by Gasteiger charge is 2.47. The van der Waals surface area contributed by atoms with Gasteiger partial charge in [0.25, 0.3) is 0 Å². The number of carbonyl (C=O) groups excluding carboxylic acids is 1. The van der Waals surface area contributed by atoms with Gasteiger partial charge in [-0.15, -0.1) is 0 Å². The number of ether oxygens (including phenoxy) is 1. The lowest BCUT2D eigenvalue weighted by molar-refractivity contribution is -0.145. The van der Waals surface area contributed by atoms with Gasteiger partial charge in [0, 0.05) is 0 Å². The van der Waals surface area contributed by atoms with Gasteiger partial charge >= 0.3 is 12.1 Å². The summed E-state index contributed by atoms with van der Waals surface area (Å²) in [5.41, 5.74) is -0.886. The van der Waals surface area contributed by atoms with Crippen molar-refractivity contribution in [1.29, 1.82) is 0 Å². The van der Waals surface area contributed by atoms with Crippen molar-refractivity contribution in [1.82, 2.24) is 0 Å². The molecule has 0 bridgehead atoms. The van der Waals surface area contributed by atoms with Gasteiger partial charge < -0.3 is 4.74 Å². The van der Waals surface area contributed by atoms with Crippen LogP contribution in [0.25, 0.3) is 0 Å². The van der Waals surface area contributed by atoms with Crippen molar-refractivity contribution in [2.24, 2.45) is 0 Å². The van der Waals surface area contributed by atoms with E-state index < -0.39 is 37.6 Å². The molecule has 0 N–H and O–H groups in total. The van der Waals surface area contributed by atoms with Crippen LogP contribution in [0.2, 0.25) is 0 Å². The summed E-state index contributed by atoms with van der Waals surface area (Å²) < 4.78 is 65.2. The fourth-order valence-corrected chi connectivity index (χ4v) is 3.52. The Hall–Kier alpha value is -1.31. The molecule has 1 unspecified atom stereocenters. The van der Waals surface area contributed by atoms with E-state index in [1.165, 1.54) is 13.8 Å². The van der Waals surface area contributed by atoms with Crippen LogP contribution in [0.3, 0.4) is 0 Å². The molecule has 1 aliphatic rings. The zero-order valence-electron chi connectivity index (χ0n) is 11.9. The number of hydrogen-bond acceptors (Lipinski definition) is 4. The van der Waals surface area contributed by atoms with Gasteiger partial charge in [0.2, 0.25) is 0 Å². The van der Waals surface area contributed by atoms with E-state index in [-0.39, 0.29) is 13.0 Å². The molecule has 0 aliphatic heterocycles. The van der Waals surface area contributed by atoms with Crippen LogP contribution in [0.5, 0.6) is 0 Å². The Morgan fingerprint density at radius 2 is 1.95 bits per heavy atom. The fourth-order valence-electron chi connectivity index (χ4n) is 1.84. The minimum absolute atomic E-state index is 0.0242. The molecular weight excluding hydrogens is 309 g/mol. The third-order valence-electron chi connectivity index (χ3n) is 3.26. The molecule has 0 saturated heterocycles. The second kappa shape index (κ2) is 5.82. The smallest absolute Gasteiger partial charge is 0.416 e. The number of allylic oxidation sites excluding steroid dienone is 3.